The van der Waals surface area contributed by atoms with E-state index in [2.05, 4.69) is 31.6 Å². The summed E-state index contributed by atoms with van der Waals surface area (Å²) in [4.78, 5) is 65.4. The third-order valence-corrected chi connectivity index (χ3v) is 14.5. The molecule has 0 bridgehead atoms. The zero-order valence-corrected chi connectivity index (χ0v) is 42.7. The predicted molar refractivity (Wildman–Crippen MR) is 258 cm³/mol. The van der Waals surface area contributed by atoms with Crippen LogP contribution in [0.3, 0.4) is 0 Å². The van der Waals surface area contributed by atoms with Gasteiger partial charge in [0, 0.05) is 43.4 Å². The van der Waals surface area contributed by atoms with Crippen LogP contribution in [-0.2, 0) is 47.6 Å². The Hall–Kier alpha value is -3.55. The first kappa shape index (κ1) is 61.0. The van der Waals surface area contributed by atoms with Crippen LogP contribution in [0.2, 0.25) is 0 Å². The number of aliphatic hydroxyl groups excluding tert-OH is 6. The van der Waals surface area contributed by atoms with Crippen molar-refractivity contribution in [1.29, 1.82) is 0 Å². The first-order valence-corrected chi connectivity index (χ1v) is 25.6. The van der Waals surface area contributed by atoms with Gasteiger partial charge in [-0.05, 0) is 66.7 Å². The van der Waals surface area contributed by atoms with E-state index in [0.717, 1.165) is 25.0 Å². The minimum Gasteiger partial charge on any atom is -0.477 e. The van der Waals surface area contributed by atoms with Crippen molar-refractivity contribution in [3.8, 4) is 0 Å². The normalized spacial score (nSPS) is 30.4. The number of Topliss-reactive ketones (excluding diaryl/α,β-unsaturated/α-hetero) is 1. The van der Waals surface area contributed by atoms with Gasteiger partial charge in [0.05, 0.1) is 74.9 Å². The average Bonchev–Trinajstić information content (AvgIpc) is 3.86. The fraction of sp³-hybridized carbons (Fsp3) is 0.867. The van der Waals surface area contributed by atoms with Crippen LogP contribution in [0.4, 0.5) is 4.79 Å². The minimum absolute atomic E-state index is 0.00172. The van der Waals surface area contributed by atoms with Gasteiger partial charge in [0.15, 0.2) is 12.2 Å². The fourth-order valence-corrected chi connectivity index (χ4v) is 10.2. The molecule has 0 spiro atoms. The Morgan fingerprint density at radius 1 is 0.917 bits per heavy atom. The van der Waals surface area contributed by atoms with Crippen LogP contribution in [-0.4, -0.2) is 225 Å². The number of fused-ring (bicyclic) bond motifs is 1. The topological polar surface area (TPSA) is 407 Å². The van der Waals surface area contributed by atoms with Crippen LogP contribution in [0.25, 0.3) is 0 Å². The lowest BCUT2D eigenvalue weighted by molar-refractivity contribution is -0.333. The largest absolute Gasteiger partial charge is 0.477 e. The number of unbranched alkanes of at least 4 members (excludes halogenated alkanes) is 1. The molecular weight excluding hydrogens is 973 g/mol. The Morgan fingerprint density at radius 3 is 2.28 bits per heavy atom. The number of carbonyl (C=O) groups excluding carboxylic acids is 4. The van der Waals surface area contributed by atoms with Gasteiger partial charge in [-0.1, -0.05) is 6.42 Å². The number of guanidine groups is 1. The monoisotopic (exact) mass is 1050 g/mol. The molecule has 0 aromatic rings. The van der Waals surface area contributed by atoms with Crippen molar-refractivity contribution in [2.45, 2.75) is 188 Å². The quantitative estimate of drug-likeness (QED) is 0.0134. The van der Waals surface area contributed by atoms with Gasteiger partial charge < -0.3 is 102 Å². The van der Waals surface area contributed by atoms with Gasteiger partial charge in [-0.2, -0.15) is 11.8 Å². The Bertz CT molecular complexity index is 1800. The molecule has 4 rings (SSSR count). The van der Waals surface area contributed by atoms with Crippen molar-refractivity contribution < 1.29 is 88.1 Å². The summed E-state index contributed by atoms with van der Waals surface area (Å²) < 4.78 is 34.9. The molecule has 4 aliphatic heterocycles. The molecule has 414 valence electrons. The van der Waals surface area contributed by atoms with Crippen LogP contribution < -0.4 is 38.1 Å². The van der Waals surface area contributed by atoms with Crippen molar-refractivity contribution >= 4 is 47.3 Å². The highest BCUT2D eigenvalue weighted by molar-refractivity contribution is 8.00. The molecule has 4 heterocycles. The van der Waals surface area contributed by atoms with E-state index in [0.29, 0.717) is 37.7 Å². The van der Waals surface area contributed by atoms with E-state index < -0.39 is 110 Å². The summed E-state index contributed by atoms with van der Waals surface area (Å²) in [5.41, 5.74) is 10.2. The second-order valence-electron chi connectivity index (χ2n) is 19.9. The highest BCUT2D eigenvalue weighted by Crippen LogP contribution is 2.37. The summed E-state index contributed by atoms with van der Waals surface area (Å²) in [5.74, 6) is -4.70. The van der Waals surface area contributed by atoms with Gasteiger partial charge in [-0.3, -0.25) is 14.4 Å². The Kier molecular flexibility index (Phi) is 24.0. The molecule has 4 fully saturated rings. The molecule has 26 nitrogen and oxygen atoms in total. The molecule has 4 aliphatic rings. The van der Waals surface area contributed by atoms with Gasteiger partial charge in [-0.15, -0.1) is 0 Å². The summed E-state index contributed by atoms with van der Waals surface area (Å²) in [6.45, 7) is 7.96. The van der Waals surface area contributed by atoms with Gasteiger partial charge in [0.25, 0.3) is 5.79 Å². The number of thioether (sulfide) groups is 1. The SMILES string of the molecule is CC(=O)CN[C@@H]1C(N=C(N)N)C[C@](OCC2O[C@@H](OCCCNC(=O)CCOC(C)(C)CCOC(C)(C)CCNC(=O)CCCC[C@@H]3SC[C@@H]4NC(=O)N[C@@H]43)C(O)C(O)[C@H]2O)(C(=O)O)OC1[C@H](O)[C@H](O)CO. The van der Waals surface area contributed by atoms with Crippen molar-refractivity contribution in [3.05, 3.63) is 0 Å². The predicted octanol–water partition coefficient (Wildman–Crippen LogP) is -3.59. The summed E-state index contributed by atoms with van der Waals surface area (Å²) in [6, 6.07) is -2.21. The number of nitrogens with zero attached hydrogens (tertiary/aromatic N) is 1. The number of aliphatic carboxylic acids is 1. The minimum atomic E-state index is -2.70. The number of aliphatic imine (C=N–C) groups is 1. The van der Waals surface area contributed by atoms with Crippen LogP contribution >= 0.6 is 11.8 Å². The maximum Gasteiger partial charge on any atom is 0.364 e. The smallest absolute Gasteiger partial charge is 0.364 e. The second-order valence-corrected chi connectivity index (χ2v) is 21.2. The number of nitrogens with one attached hydrogen (secondary N) is 5. The number of hydrogen-bond acceptors (Lipinski definition) is 20. The Balaban J connectivity index is 1.13. The maximum atomic E-state index is 12.8. The Morgan fingerprint density at radius 2 is 1.60 bits per heavy atom. The van der Waals surface area contributed by atoms with E-state index in [1.807, 2.05) is 39.5 Å². The van der Waals surface area contributed by atoms with Gasteiger partial charge >= 0.3 is 12.0 Å². The molecule has 0 aromatic carbocycles. The first-order chi connectivity index (χ1) is 33.9. The highest BCUT2D eigenvalue weighted by Gasteiger charge is 2.57. The number of urea groups is 1. The summed E-state index contributed by atoms with van der Waals surface area (Å²) in [6.07, 6.45) is -10.1. The lowest BCUT2D eigenvalue weighted by Crippen LogP contribution is -2.68. The Labute approximate surface area is 423 Å². The molecule has 27 heteroatoms. The van der Waals surface area contributed by atoms with Crippen LogP contribution in [0.5, 0.6) is 0 Å². The van der Waals surface area contributed by atoms with E-state index in [4.69, 9.17) is 39.9 Å². The number of carbonyl (C=O) groups is 5. The molecule has 72 heavy (non-hydrogen) atoms. The zero-order chi connectivity index (χ0) is 53.4. The number of amides is 4. The number of carboxylic acid groups (broad SMARTS) is 1. The van der Waals surface area contributed by atoms with E-state index >= 15 is 0 Å². The van der Waals surface area contributed by atoms with E-state index in [1.54, 1.807) is 0 Å². The third-order valence-electron chi connectivity index (χ3n) is 12.9. The number of hydrogen-bond donors (Lipinski definition) is 14. The van der Waals surface area contributed by atoms with Crippen molar-refractivity contribution in [1.82, 2.24) is 26.6 Å². The van der Waals surface area contributed by atoms with Crippen LogP contribution in [0, 0.1) is 0 Å². The molecule has 4 amide bonds. The molecule has 0 radical (unpaired) electrons. The van der Waals surface area contributed by atoms with Crippen LogP contribution in [0.1, 0.15) is 92.4 Å². The maximum absolute atomic E-state index is 12.8. The summed E-state index contributed by atoms with van der Waals surface area (Å²) in [5, 5.41) is 88.1. The fourth-order valence-electron chi connectivity index (χ4n) is 8.69. The van der Waals surface area contributed by atoms with Gasteiger partial charge in [0.2, 0.25) is 11.8 Å². The molecule has 16 N–H and O–H groups in total. The van der Waals surface area contributed by atoms with Crippen molar-refractivity contribution in [2.24, 2.45) is 16.5 Å². The molecular formula is C45H80N8O18S. The number of aliphatic hydroxyl groups is 6. The number of rotatable bonds is 32. The van der Waals surface area contributed by atoms with Gasteiger partial charge in [-0.25, -0.2) is 14.6 Å². The molecule has 0 aromatic heterocycles. The molecule has 4 saturated heterocycles. The van der Waals surface area contributed by atoms with E-state index in [1.165, 1.54) is 6.92 Å². The lowest BCUT2D eigenvalue weighted by atomic mass is 9.86. The zero-order valence-electron chi connectivity index (χ0n) is 41.9. The second kappa shape index (κ2) is 28.4. The number of ketones is 1. The number of ether oxygens (including phenoxy) is 6. The molecule has 14 atom stereocenters. The lowest BCUT2D eigenvalue weighted by Gasteiger charge is -2.48. The molecule has 0 saturated carbocycles. The van der Waals surface area contributed by atoms with E-state index in [-0.39, 0.29) is 74.9 Å². The third kappa shape index (κ3) is 18.7. The van der Waals surface area contributed by atoms with Gasteiger partial charge in [0.1, 0.15) is 48.5 Å². The number of carboxylic acids is 1. The van der Waals surface area contributed by atoms with Crippen molar-refractivity contribution in [2.75, 3.05) is 58.4 Å². The number of nitrogens with two attached hydrogens (primary N) is 2. The average molecular weight is 1050 g/mol. The summed E-state index contributed by atoms with van der Waals surface area (Å²) >= 11 is 1.87. The molecule has 0 aliphatic carbocycles. The highest BCUT2D eigenvalue weighted by atomic mass is 32.2. The summed E-state index contributed by atoms with van der Waals surface area (Å²) in [7, 11) is 0. The van der Waals surface area contributed by atoms with Crippen molar-refractivity contribution in [3.63, 3.8) is 0 Å². The van der Waals surface area contributed by atoms with E-state index in [9.17, 15) is 59.7 Å². The standard InChI is InChI=1S/C45H80N8O18S/c1-24(55)20-50-33-25(51-41(46)47)19-45(40(63)64,71-38(33)34(59)27(56)21-54)69-22-28-35(60)36(61)37(62)39(70-28)66-16-8-14-48-31(58)11-17-67-44(4,5)13-18-68-43(2,3)12-15-49-30(57)10-7-6-9-29-32-26(23-72-29)52-42(65)53-32/h25-29,32-39,50,54,56,59-62H,6-23H2,1-5H3,(H,48,58)(H,49,57)(H,63,64)(H4,46,47,51)(H2,52,53,65)/t25?,26-,27+,28?,29-,32-,33+,34+,35-,36?,37?,38?,39+,45+/m0/s1. The molecule has 5 unspecified atom stereocenters. The first-order valence-electron chi connectivity index (χ1n) is 24.5. The van der Waals surface area contributed by atoms with Crippen LogP contribution in [0.15, 0.2) is 4.99 Å².